The number of hydrogen-bond donors (Lipinski definition) is 0. The number of furan rings is 1. The van der Waals surface area contributed by atoms with Crippen molar-refractivity contribution in [2.45, 2.75) is 38.9 Å². The summed E-state index contributed by atoms with van der Waals surface area (Å²) in [6.07, 6.45) is 0. The summed E-state index contributed by atoms with van der Waals surface area (Å²) in [6.45, 7) is 8.27. The Morgan fingerprint density at radius 1 is 0.617 bits per heavy atom. The minimum atomic E-state index is -0.469. The highest BCUT2D eigenvalue weighted by atomic mass is 32.1. The van der Waals surface area contributed by atoms with Gasteiger partial charge in [-0.3, -0.25) is 0 Å². The van der Waals surface area contributed by atoms with Gasteiger partial charge in [0.2, 0.25) is 0 Å². The molecule has 0 atom stereocenters. The predicted octanol–water partition coefficient (Wildman–Crippen LogP) is 10.0. The van der Waals surface area contributed by atoms with Crippen LogP contribution in [0.25, 0.3) is 76.0 Å². The summed E-state index contributed by atoms with van der Waals surface area (Å²) in [7, 11) is -0.469. The topological polar surface area (TPSA) is 57.4 Å². The molecule has 4 heterocycles. The van der Waals surface area contributed by atoms with E-state index in [0.29, 0.717) is 5.82 Å². The van der Waals surface area contributed by atoms with Gasteiger partial charge in [-0.25, -0.2) is 9.97 Å². The molecule has 8 aromatic rings. The Kier molecular flexibility index (Phi) is 6.25. The van der Waals surface area contributed by atoms with Gasteiger partial charge in [0.1, 0.15) is 11.2 Å². The Morgan fingerprint density at radius 2 is 1.34 bits per heavy atom. The number of rotatable bonds is 4. The second kappa shape index (κ2) is 10.3. The van der Waals surface area contributed by atoms with Crippen LogP contribution in [0.15, 0.2) is 120 Å². The van der Waals surface area contributed by atoms with E-state index in [4.69, 9.17) is 23.7 Å². The molecular formula is C40H31BN2O3S. The molecule has 228 valence electrons. The highest BCUT2D eigenvalue weighted by molar-refractivity contribution is 7.26. The number of fused-ring (bicyclic) bond motifs is 6. The largest absolute Gasteiger partial charge is 0.494 e. The van der Waals surface area contributed by atoms with Crippen LogP contribution in [-0.2, 0) is 9.31 Å². The third-order valence-electron chi connectivity index (χ3n) is 9.75. The van der Waals surface area contributed by atoms with E-state index in [9.17, 15) is 0 Å². The first-order valence-electron chi connectivity index (χ1n) is 15.9. The van der Waals surface area contributed by atoms with E-state index in [2.05, 4.69) is 119 Å². The van der Waals surface area contributed by atoms with Gasteiger partial charge in [0.25, 0.3) is 0 Å². The summed E-state index contributed by atoms with van der Waals surface area (Å²) in [6, 6.07) is 39.9. The van der Waals surface area contributed by atoms with E-state index in [1.54, 1.807) is 11.3 Å². The minimum absolute atomic E-state index is 0.423. The molecule has 1 saturated heterocycles. The van der Waals surface area contributed by atoms with Crippen LogP contribution < -0.4 is 5.46 Å². The molecule has 0 N–H and O–H groups in total. The summed E-state index contributed by atoms with van der Waals surface area (Å²) in [5.41, 5.74) is 7.85. The van der Waals surface area contributed by atoms with E-state index in [0.717, 1.165) is 65.4 Å². The Balaban J connectivity index is 1.24. The first-order valence-corrected chi connectivity index (χ1v) is 16.7. The summed E-state index contributed by atoms with van der Waals surface area (Å²) in [5, 5.41) is 3.13. The first kappa shape index (κ1) is 28.4. The molecule has 47 heavy (non-hydrogen) atoms. The maximum atomic E-state index is 6.48. The molecule has 0 radical (unpaired) electrons. The SMILES string of the molecule is CC1(C)OB(c2ccc3c(c2)oc2cccc(-c4nc(-c5cccc(-c6ccccc6)c5)c5sc6ccccc6c5n4)c23)OC1(C)C. The van der Waals surface area contributed by atoms with Crippen molar-refractivity contribution < 1.29 is 13.7 Å². The maximum Gasteiger partial charge on any atom is 0.494 e. The van der Waals surface area contributed by atoms with E-state index < -0.39 is 18.3 Å². The van der Waals surface area contributed by atoms with Gasteiger partial charge in [-0.1, -0.05) is 91.0 Å². The fraction of sp³-hybridized carbons (Fsp3) is 0.150. The van der Waals surface area contributed by atoms with Crippen LogP contribution in [0.3, 0.4) is 0 Å². The zero-order valence-electron chi connectivity index (χ0n) is 26.6. The van der Waals surface area contributed by atoms with Gasteiger partial charge in [-0.2, -0.15) is 0 Å². The zero-order chi connectivity index (χ0) is 31.9. The Hall–Kier alpha value is -4.82. The van der Waals surface area contributed by atoms with Gasteiger partial charge in [-0.05, 0) is 68.6 Å². The van der Waals surface area contributed by atoms with Gasteiger partial charge >= 0.3 is 7.12 Å². The van der Waals surface area contributed by atoms with Crippen molar-refractivity contribution in [3.8, 4) is 33.8 Å². The summed E-state index contributed by atoms with van der Waals surface area (Å²) in [4.78, 5) is 10.6. The normalized spacial score (nSPS) is 15.8. The van der Waals surface area contributed by atoms with Crippen LogP contribution in [0.2, 0.25) is 0 Å². The molecule has 0 saturated carbocycles. The molecule has 1 fully saturated rings. The average Bonchev–Trinajstić information content (AvgIpc) is 3.72. The highest BCUT2D eigenvalue weighted by Crippen LogP contribution is 2.42. The molecule has 1 aliphatic rings. The van der Waals surface area contributed by atoms with Crippen molar-refractivity contribution >= 4 is 66.2 Å². The molecule has 1 aliphatic heterocycles. The van der Waals surface area contributed by atoms with Crippen molar-refractivity contribution in [1.82, 2.24) is 9.97 Å². The lowest BCUT2D eigenvalue weighted by atomic mass is 9.79. The van der Waals surface area contributed by atoms with Crippen molar-refractivity contribution in [3.05, 3.63) is 115 Å². The molecule has 5 nitrogen and oxygen atoms in total. The molecule has 9 rings (SSSR count). The molecule has 0 spiro atoms. The third kappa shape index (κ3) is 4.53. The molecule has 5 aromatic carbocycles. The third-order valence-corrected chi connectivity index (χ3v) is 10.9. The van der Waals surface area contributed by atoms with Crippen LogP contribution in [0.1, 0.15) is 27.7 Å². The van der Waals surface area contributed by atoms with Gasteiger partial charge in [-0.15, -0.1) is 11.3 Å². The Bertz CT molecular complexity index is 2480. The smallest absolute Gasteiger partial charge is 0.456 e. The van der Waals surface area contributed by atoms with Gasteiger partial charge in [0, 0.05) is 32.0 Å². The van der Waals surface area contributed by atoms with Gasteiger partial charge < -0.3 is 13.7 Å². The van der Waals surface area contributed by atoms with Crippen LogP contribution in [0.4, 0.5) is 0 Å². The number of aromatic nitrogens is 2. The molecule has 7 heteroatoms. The molecular weight excluding hydrogens is 599 g/mol. The lowest BCUT2D eigenvalue weighted by Crippen LogP contribution is -2.41. The van der Waals surface area contributed by atoms with E-state index in [-0.39, 0.29) is 0 Å². The molecule has 0 aliphatic carbocycles. The first-order chi connectivity index (χ1) is 22.8. The summed E-state index contributed by atoms with van der Waals surface area (Å²) >= 11 is 1.74. The summed E-state index contributed by atoms with van der Waals surface area (Å²) in [5.74, 6) is 0.671. The Labute approximate surface area is 277 Å². The monoisotopic (exact) mass is 630 g/mol. The number of benzene rings is 5. The maximum absolute atomic E-state index is 6.48. The fourth-order valence-corrected chi connectivity index (χ4v) is 7.69. The second-order valence-corrected chi connectivity index (χ2v) is 14.3. The van der Waals surface area contributed by atoms with Crippen molar-refractivity contribution in [1.29, 1.82) is 0 Å². The lowest BCUT2D eigenvalue weighted by molar-refractivity contribution is 0.00578. The van der Waals surface area contributed by atoms with Crippen LogP contribution >= 0.6 is 11.3 Å². The predicted molar refractivity (Wildman–Crippen MR) is 194 cm³/mol. The van der Waals surface area contributed by atoms with Crippen LogP contribution in [0, 0.1) is 0 Å². The summed E-state index contributed by atoms with van der Waals surface area (Å²) < 4.78 is 21.4. The van der Waals surface area contributed by atoms with Crippen LogP contribution in [-0.4, -0.2) is 28.3 Å². The van der Waals surface area contributed by atoms with Crippen LogP contribution in [0.5, 0.6) is 0 Å². The Morgan fingerprint density at radius 3 is 2.17 bits per heavy atom. The van der Waals surface area contributed by atoms with Crippen molar-refractivity contribution in [2.75, 3.05) is 0 Å². The van der Waals surface area contributed by atoms with Crippen molar-refractivity contribution in [3.63, 3.8) is 0 Å². The zero-order valence-corrected chi connectivity index (χ0v) is 27.4. The molecule has 0 amide bonds. The van der Waals surface area contributed by atoms with Gasteiger partial charge in [0.05, 0.1) is 27.1 Å². The molecule has 0 unspecified atom stereocenters. The van der Waals surface area contributed by atoms with E-state index in [1.807, 2.05) is 24.3 Å². The van der Waals surface area contributed by atoms with E-state index in [1.165, 1.54) is 10.3 Å². The number of hydrogen-bond acceptors (Lipinski definition) is 6. The molecule has 0 bridgehead atoms. The van der Waals surface area contributed by atoms with Crippen molar-refractivity contribution in [2.24, 2.45) is 0 Å². The fourth-order valence-electron chi connectivity index (χ4n) is 6.54. The number of nitrogens with zero attached hydrogens (tertiary/aromatic N) is 2. The van der Waals surface area contributed by atoms with Gasteiger partial charge in [0.15, 0.2) is 5.82 Å². The number of thiophene rings is 1. The molecule has 3 aromatic heterocycles. The average molecular weight is 631 g/mol. The standard InChI is InChI=1S/C40H31BN2O3S/c1-39(2)40(3,4)46-41(45-39)27-20-21-28-32(23-27)44-31-18-11-17-30(34(28)31)38-42-35(37-36(43-38)29-16-8-9-19-33(29)47-37)26-15-10-14-25(22-26)24-12-6-5-7-13-24/h5-23H,1-4H3. The minimum Gasteiger partial charge on any atom is -0.456 e. The second-order valence-electron chi connectivity index (χ2n) is 13.2. The highest BCUT2D eigenvalue weighted by Gasteiger charge is 2.51. The quantitative estimate of drug-likeness (QED) is 0.181. The lowest BCUT2D eigenvalue weighted by Gasteiger charge is -2.32. The van der Waals surface area contributed by atoms with E-state index >= 15 is 0 Å².